The van der Waals surface area contributed by atoms with E-state index in [0.29, 0.717) is 23.5 Å². The maximum Gasteiger partial charge on any atom is 0.239 e. The van der Waals surface area contributed by atoms with Crippen LogP contribution in [0.4, 0.5) is 11.4 Å². The Morgan fingerprint density at radius 3 is 2.70 bits per heavy atom. The highest BCUT2D eigenvalue weighted by molar-refractivity contribution is 7.92. The van der Waals surface area contributed by atoms with Crippen molar-refractivity contribution >= 4 is 27.1 Å². The quantitative estimate of drug-likeness (QED) is 0.742. The van der Waals surface area contributed by atoms with E-state index < -0.39 is 21.5 Å². The molecule has 1 aromatic rings. The van der Waals surface area contributed by atoms with Crippen molar-refractivity contribution in [3.8, 4) is 5.75 Å². The number of nitrogens with two attached hydrogens (primary N) is 1. The molecule has 0 aliphatic rings. The number of unbranched alkanes of at least 4 members (excludes halogenated alkanes) is 1. The van der Waals surface area contributed by atoms with Crippen molar-refractivity contribution in [3.05, 3.63) is 18.2 Å². The van der Waals surface area contributed by atoms with E-state index in [0.717, 1.165) is 6.42 Å². The third-order valence-electron chi connectivity index (χ3n) is 2.66. The summed E-state index contributed by atoms with van der Waals surface area (Å²) in [5, 5.41) is 2.52. The zero-order valence-electron chi connectivity index (χ0n) is 11.7. The summed E-state index contributed by atoms with van der Waals surface area (Å²) in [6, 6.07) is 4.73. The summed E-state index contributed by atoms with van der Waals surface area (Å²) < 4.78 is 28.5. The highest BCUT2D eigenvalue weighted by Crippen LogP contribution is 2.26. The van der Waals surface area contributed by atoms with Crippen LogP contribution < -0.4 is 15.8 Å². The fraction of sp³-hybridized carbons (Fsp3) is 0.462. The topological polar surface area (TPSA) is 98.5 Å². The Morgan fingerprint density at radius 2 is 2.10 bits per heavy atom. The number of sulfone groups is 1. The van der Waals surface area contributed by atoms with Crippen molar-refractivity contribution in [2.75, 3.05) is 29.7 Å². The Hall–Kier alpha value is -1.76. The Kier molecular flexibility index (Phi) is 5.82. The highest BCUT2D eigenvalue weighted by atomic mass is 32.2. The van der Waals surface area contributed by atoms with Crippen LogP contribution >= 0.6 is 0 Å². The molecule has 0 aromatic heterocycles. The van der Waals surface area contributed by atoms with Gasteiger partial charge in [-0.15, -0.1) is 0 Å². The third kappa shape index (κ3) is 5.08. The van der Waals surface area contributed by atoms with E-state index in [2.05, 4.69) is 5.32 Å². The van der Waals surface area contributed by atoms with Crippen LogP contribution in [0.25, 0.3) is 0 Å². The molecule has 3 N–H and O–H groups in total. The summed E-state index contributed by atoms with van der Waals surface area (Å²) in [7, 11) is -1.92. The van der Waals surface area contributed by atoms with Crippen molar-refractivity contribution < 1.29 is 17.9 Å². The Bertz CT molecular complexity index is 570. The number of benzene rings is 1. The molecule has 0 bridgehead atoms. The number of nitrogen functional groups attached to an aromatic ring is 1. The van der Waals surface area contributed by atoms with E-state index in [9.17, 15) is 13.2 Å². The van der Waals surface area contributed by atoms with Crippen LogP contribution in [0.3, 0.4) is 0 Å². The number of carbonyl (C=O) groups is 1. The van der Waals surface area contributed by atoms with Gasteiger partial charge in [0.25, 0.3) is 0 Å². The van der Waals surface area contributed by atoms with Crippen LogP contribution in [0, 0.1) is 0 Å². The Balaban J connectivity index is 2.72. The molecule has 1 amide bonds. The first-order valence-electron chi connectivity index (χ1n) is 6.31. The van der Waals surface area contributed by atoms with Crippen molar-refractivity contribution in [3.63, 3.8) is 0 Å². The van der Waals surface area contributed by atoms with Crippen molar-refractivity contribution in [1.29, 1.82) is 0 Å². The number of nitrogens with one attached hydrogen (secondary N) is 1. The van der Waals surface area contributed by atoms with Gasteiger partial charge in [-0.2, -0.15) is 0 Å². The second-order valence-electron chi connectivity index (χ2n) is 4.45. The Morgan fingerprint density at radius 1 is 1.40 bits per heavy atom. The normalized spacial score (nSPS) is 11.1. The van der Waals surface area contributed by atoms with Gasteiger partial charge in [0.15, 0.2) is 9.84 Å². The highest BCUT2D eigenvalue weighted by Gasteiger charge is 2.17. The molecule has 7 heteroatoms. The molecule has 0 atom stereocenters. The zero-order chi connectivity index (χ0) is 15.2. The van der Waals surface area contributed by atoms with Crippen LogP contribution in [-0.4, -0.2) is 32.9 Å². The van der Waals surface area contributed by atoms with Gasteiger partial charge in [-0.05, 0) is 18.6 Å². The maximum absolute atomic E-state index is 11.8. The summed E-state index contributed by atoms with van der Waals surface area (Å²) in [6.07, 6.45) is 1.33. The molecule has 20 heavy (non-hydrogen) atoms. The average molecular weight is 300 g/mol. The van der Waals surface area contributed by atoms with Crippen LogP contribution in [0.2, 0.25) is 0 Å². The molecule has 6 nitrogen and oxygen atoms in total. The second-order valence-corrected chi connectivity index (χ2v) is 6.64. The van der Waals surface area contributed by atoms with Gasteiger partial charge >= 0.3 is 0 Å². The van der Waals surface area contributed by atoms with Crippen LogP contribution in [-0.2, 0) is 14.6 Å². The number of ether oxygens (including phenoxy) is 1. The maximum atomic E-state index is 11.8. The van der Waals surface area contributed by atoms with Crippen LogP contribution in [0.5, 0.6) is 5.75 Å². The largest absolute Gasteiger partial charge is 0.494 e. The van der Waals surface area contributed by atoms with Crippen molar-refractivity contribution in [2.45, 2.75) is 19.8 Å². The van der Waals surface area contributed by atoms with Gasteiger partial charge in [-0.1, -0.05) is 13.3 Å². The molecule has 1 aromatic carbocycles. The summed E-state index contributed by atoms with van der Waals surface area (Å²) in [6.45, 7) is 1.90. The van der Waals surface area contributed by atoms with Crippen LogP contribution in [0.15, 0.2) is 18.2 Å². The number of methoxy groups -OCH3 is 1. The van der Waals surface area contributed by atoms with E-state index in [-0.39, 0.29) is 5.75 Å². The lowest BCUT2D eigenvalue weighted by Crippen LogP contribution is -2.24. The standard InChI is InChI=1S/C13H20N2O4S/c1-3-4-7-20(17,18)9-13(16)15-11-6-5-10(14)8-12(11)19-2/h5-6,8H,3-4,7,9,14H2,1-2H3,(H,15,16). The molecule has 0 heterocycles. The predicted molar refractivity (Wildman–Crippen MR) is 79.6 cm³/mol. The minimum Gasteiger partial charge on any atom is -0.494 e. The molecule has 0 saturated heterocycles. The molecule has 0 spiro atoms. The van der Waals surface area contributed by atoms with E-state index in [4.69, 9.17) is 10.5 Å². The van der Waals surface area contributed by atoms with Gasteiger partial charge in [-0.25, -0.2) is 8.42 Å². The molecule has 0 radical (unpaired) electrons. The fourth-order valence-electron chi connectivity index (χ4n) is 1.63. The molecule has 1 rings (SSSR count). The summed E-state index contributed by atoms with van der Waals surface area (Å²) >= 11 is 0. The van der Waals surface area contributed by atoms with Gasteiger partial charge in [-0.3, -0.25) is 4.79 Å². The van der Waals surface area contributed by atoms with Crippen molar-refractivity contribution in [1.82, 2.24) is 0 Å². The lowest BCUT2D eigenvalue weighted by molar-refractivity contribution is -0.113. The average Bonchev–Trinajstić information content (AvgIpc) is 2.37. The number of carbonyl (C=O) groups excluding carboxylic acids is 1. The lowest BCUT2D eigenvalue weighted by atomic mass is 10.2. The number of anilines is 2. The van der Waals surface area contributed by atoms with Crippen LogP contribution in [0.1, 0.15) is 19.8 Å². The number of amides is 1. The molecule has 0 aliphatic heterocycles. The molecule has 0 aliphatic carbocycles. The molecular weight excluding hydrogens is 280 g/mol. The smallest absolute Gasteiger partial charge is 0.239 e. The first-order chi connectivity index (χ1) is 9.38. The number of rotatable bonds is 7. The number of hydrogen-bond acceptors (Lipinski definition) is 5. The SMILES string of the molecule is CCCCS(=O)(=O)CC(=O)Nc1ccc(N)cc1OC. The van der Waals surface area contributed by atoms with E-state index >= 15 is 0 Å². The van der Waals surface area contributed by atoms with E-state index in [1.807, 2.05) is 6.92 Å². The minimum absolute atomic E-state index is 0.0236. The minimum atomic E-state index is -3.37. The summed E-state index contributed by atoms with van der Waals surface area (Å²) in [5.74, 6) is -0.690. The molecular formula is C13H20N2O4S. The molecule has 0 saturated carbocycles. The van der Waals surface area contributed by atoms with E-state index in [1.165, 1.54) is 7.11 Å². The lowest BCUT2D eigenvalue weighted by Gasteiger charge is -2.11. The Labute approximate surface area is 119 Å². The number of hydrogen-bond donors (Lipinski definition) is 2. The van der Waals surface area contributed by atoms with E-state index in [1.54, 1.807) is 18.2 Å². The van der Waals surface area contributed by atoms with Gasteiger partial charge < -0.3 is 15.8 Å². The fourth-order valence-corrected chi connectivity index (χ4v) is 2.98. The predicted octanol–water partition coefficient (Wildman–Crippen LogP) is 1.43. The first-order valence-corrected chi connectivity index (χ1v) is 8.14. The monoisotopic (exact) mass is 300 g/mol. The first kappa shape index (κ1) is 16.3. The molecule has 112 valence electrons. The zero-order valence-corrected chi connectivity index (χ0v) is 12.5. The van der Waals surface area contributed by atoms with Crippen molar-refractivity contribution in [2.24, 2.45) is 0 Å². The van der Waals surface area contributed by atoms with Gasteiger partial charge in [0, 0.05) is 11.8 Å². The summed E-state index contributed by atoms with van der Waals surface area (Å²) in [4.78, 5) is 11.8. The van der Waals surface area contributed by atoms with Gasteiger partial charge in [0.2, 0.25) is 5.91 Å². The van der Waals surface area contributed by atoms with Gasteiger partial charge in [0.1, 0.15) is 11.5 Å². The second kappa shape index (κ2) is 7.14. The third-order valence-corrected chi connectivity index (χ3v) is 4.27. The summed E-state index contributed by atoms with van der Waals surface area (Å²) in [5.41, 5.74) is 6.50. The molecule has 0 unspecified atom stereocenters. The van der Waals surface area contributed by atoms with Gasteiger partial charge in [0.05, 0.1) is 18.6 Å². The molecule has 0 fully saturated rings.